The monoisotopic (exact) mass is 178 g/mol. The summed E-state index contributed by atoms with van der Waals surface area (Å²) in [6.45, 7) is 0. The summed E-state index contributed by atoms with van der Waals surface area (Å²) in [5, 5.41) is 8.55. The number of rotatable bonds is 2. The lowest BCUT2D eigenvalue weighted by molar-refractivity contribution is 0.887. The van der Waals surface area contributed by atoms with Crippen LogP contribution in [0.25, 0.3) is 0 Å². The SMILES string of the molecule is C1=CSC(Nc2ccccc2)N1. The van der Waals surface area contributed by atoms with Gasteiger partial charge in [0.1, 0.15) is 5.50 Å². The Kier molecular flexibility index (Phi) is 2.23. The predicted octanol–water partition coefficient (Wildman–Crippen LogP) is 2.19. The zero-order valence-corrected chi connectivity index (χ0v) is 7.34. The highest BCUT2D eigenvalue weighted by molar-refractivity contribution is 8.03. The molecule has 62 valence electrons. The molecule has 0 radical (unpaired) electrons. The lowest BCUT2D eigenvalue weighted by atomic mass is 10.3. The van der Waals surface area contributed by atoms with Crippen molar-refractivity contribution >= 4 is 17.4 Å². The standard InChI is InChI=1S/C9H10N2S/c1-2-4-8(5-3-1)11-9-10-6-7-12-9/h1-7,9-11H. The first-order valence-corrected chi connectivity index (χ1v) is 4.77. The van der Waals surface area contributed by atoms with Crippen molar-refractivity contribution in [3.8, 4) is 0 Å². The molecule has 2 nitrogen and oxygen atoms in total. The zero-order valence-electron chi connectivity index (χ0n) is 6.53. The Balaban J connectivity index is 1.95. The third-order valence-electron chi connectivity index (χ3n) is 1.60. The van der Waals surface area contributed by atoms with Crippen LogP contribution in [0.15, 0.2) is 41.9 Å². The predicted molar refractivity (Wildman–Crippen MR) is 53.7 cm³/mol. The molecule has 0 bridgehead atoms. The van der Waals surface area contributed by atoms with E-state index >= 15 is 0 Å². The van der Waals surface area contributed by atoms with Gasteiger partial charge in [-0.1, -0.05) is 30.0 Å². The number of thioether (sulfide) groups is 1. The van der Waals surface area contributed by atoms with E-state index in [-0.39, 0.29) is 5.50 Å². The quantitative estimate of drug-likeness (QED) is 0.726. The topological polar surface area (TPSA) is 24.1 Å². The van der Waals surface area contributed by atoms with Gasteiger partial charge in [-0.05, 0) is 17.5 Å². The third-order valence-corrected chi connectivity index (χ3v) is 2.42. The van der Waals surface area contributed by atoms with Crippen molar-refractivity contribution in [2.45, 2.75) is 5.50 Å². The first-order valence-electron chi connectivity index (χ1n) is 3.83. The van der Waals surface area contributed by atoms with Gasteiger partial charge in [0.25, 0.3) is 0 Å². The summed E-state index contributed by atoms with van der Waals surface area (Å²) in [4.78, 5) is 0. The van der Waals surface area contributed by atoms with Gasteiger partial charge in [0.05, 0.1) is 0 Å². The van der Waals surface area contributed by atoms with Crippen LogP contribution in [0.5, 0.6) is 0 Å². The number of benzene rings is 1. The number of hydrogen-bond donors (Lipinski definition) is 2. The molecule has 1 unspecified atom stereocenters. The second-order valence-electron chi connectivity index (χ2n) is 2.50. The Hall–Kier alpha value is -1.09. The molecule has 1 aromatic carbocycles. The van der Waals surface area contributed by atoms with Gasteiger partial charge in [-0.25, -0.2) is 0 Å². The van der Waals surface area contributed by atoms with Crippen molar-refractivity contribution < 1.29 is 0 Å². The summed E-state index contributed by atoms with van der Waals surface area (Å²) in [6, 6.07) is 10.2. The van der Waals surface area contributed by atoms with E-state index in [9.17, 15) is 0 Å². The van der Waals surface area contributed by atoms with E-state index in [2.05, 4.69) is 22.8 Å². The van der Waals surface area contributed by atoms with Crippen LogP contribution in [0.2, 0.25) is 0 Å². The summed E-state index contributed by atoms with van der Waals surface area (Å²) in [5.74, 6) is 0. The average Bonchev–Trinajstić information content (AvgIpc) is 2.59. The van der Waals surface area contributed by atoms with Crippen LogP contribution in [0.1, 0.15) is 0 Å². The van der Waals surface area contributed by atoms with Crippen LogP contribution in [0.4, 0.5) is 5.69 Å². The minimum Gasteiger partial charge on any atom is -0.362 e. The molecule has 0 amide bonds. The molecule has 0 spiro atoms. The van der Waals surface area contributed by atoms with Crippen molar-refractivity contribution in [3.63, 3.8) is 0 Å². The highest BCUT2D eigenvalue weighted by Gasteiger charge is 2.07. The fourth-order valence-electron chi connectivity index (χ4n) is 1.05. The van der Waals surface area contributed by atoms with Gasteiger partial charge in [-0.2, -0.15) is 0 Å². The molecule has 3 heteroatoms. The van der Waals surface area contributed by atoms with Gasteiger partial charge >= 0.3 is 0 Å². The molecular formula is C9H10N2S. The van der Waals surface area contributed by atoms with Crippen LogP contribution in [-0.4, -0.2) is 5.50 Å². The first-order chi connectivity index (χ1) is 5.95. The maximum absolute atomic E-state index is 3.33. The maximum Gasteiger partial charge on any atom is 0.149 e. The summed E-state index contributed by atoms with van der Waals surface area (Å²) in [5.41, 5.74) is 1.43. The first kappa shape index (κ1) is 7.55. The fraction of sp³-hybridized carbons (Fsp3) is 0.111. The minimum absolute atomic E-state index is 0.285. The van der Waals surface area contributed by atoms with Gasteiger partial charge in [0.15, 0.2) is 0 Å². The number of anilines is 1. The van der Waals surface area contributed by atoms with Crippen LogP contribution in [-0.2, 0) is 0 Å². The average molecular weight is 178 g/mol. The van der Waals surface area contributed by atoms with Gasteiger partial charge in [0, 0.05) is 11.9 Å². The van der Waals surface area contributed by atoms with E-state index in [4.69, 9.17) is 0 Å². The molecule has 2 N–H and O–H groups in total. The van der Waals surface area contributed by atoms with Gasteiger partial charge in [-0.3, -0.25) is 0 Å². The largest absolute Gasteiger partial charge is 0.362 e. The molecule has 0 aliphatic carbocycles. The lowest BCUT2D eigenvalue weighted by Crippen LogP contribution is -2.25. The van der Waals surface area contributed by atoms with Crippen molar-refractivity contribution in [2.24, 2.45) is 0 Å². The lowest BCUT2D eigenvalue weighted by Gasteiger charge is -2.13. The number of nitrogens with one attached hydrogen (secondary N) is 2. The fourth-order valence-corrected chi connectivity index (χ4v) is 1.72. The second-order valence-corrected chi connectivity index (χ2v) is 3.51. The molecule has 12 heavy (non-hydrogen) atoms. The maximum atomic E-state index is 3.33. The molecular weight excluding hydrogens is 168 g/mol. The molecule has 1 aromatic rings. The normalized spacial score (nSPS) is 20.5. The summed E-state index contributed by atoms with van der Waals surface area (Å²) in [6.07, 6.45) is 1.95. The van der Waals surface area contributed by atoms with Crippen LogP contribution in [0, 0.1) is 0 Å². The van der Waals surface area contributed by atoms with Crippen molar-refractivity contribution in [1.82, 2.24) is 5.32 Å². The molecule has 0 fully saturated rings. The van der Waals surface area contributed by atoms with Crippen molar-refractivity contribution in [2.75, 3.05) is 5.32 Å². The smallest absolute Gasteiger partial charge is 0.149 e. The van der Waals surface area contributed by atoms with E-state index in [0.29, 0.717) is 0 Å². The molecule has 1 aliphatic rings. The van der Waals surface area contributed by atoms with E-state index < -0.39 is 0 Å². The molecule has 1 heterocycles. The molecule has 1 atom stereocenters. The number of hydrogen-bond acceptors (Lipinski definition) is 3. The van der Waals surface area contributed by atoms with Gasteiger partial charge in [0.2, 0.25) is 0 Å². The van der Waals surface area contributed by atoms with Gasteiger partial charge in [-0.15, -0.1) is 0 Å². The second kappa shape index (κ2) is 3.54. The van der Waals surface area contributed by atoms with E-state index in [1.807, 2.05) is 29.8 Å². The Morgan fingerprint density at radius 1 is 1.25 bits per heavy atom. The summed E-state index contributed by atoms with van der Waals surface area (Å²) in [7, 11) is 0. The number of para-hydroxylation sites is 1. The van der Waals surface area contributed by atoms with E-state index in [0.717, 1.165) is 5.69 Å². The summed E-state index contributed by atoms with van der Waals surface area (Å²) < 4.78 is 0. The molecule has 2 rings (SSSR count). The van der Waals surface area contributed by atoms with Crippen molar-refractivity contribution in [1.29, 1.82) is 0 Å². The Labute approximate surface area is 76.1 Å². The Morgan fingerprint density at radius 2 is 2.08 bits per heavy atom. The zero-order chi connectivity index (χ0) is 8.23. The van der Waals surface area contributed by atoms with E-state index in [1.54, 1.807) is 11.8 Å². The van der Waals surface area contributed by atoms with Crippen LogP contribution >= 0.6 is 11.8 Å². The molecule has 0 saturated heterocycles. The molecule has 0 aromatic heterocycles. The van der Waals surface area contributed by atoms with Crippen LogP contribution < -0.4 is 10.6 Å². The molecule has 1 aliphatic heterocycles. The van der Waals surface area contributed by atoms with Gasteiger partial charge < -0.3 is 10.6 Å². The van der Waals surface area contributed by atoms with E-state index in [1.165, 1.54) is 0 Å². The highest BCUT2D eigenvalue weighted by atomic mass is 32.2. The Morgan fingerprint density at radius 3 is 2.75 bits per heavy atom. The minimum atomic E-state index is 0.285. The Bertz CT molecular complexity index is 263. The van der Waals surface area contributed by atoms with Crippen LogP contribution in [0.3, 0.4) is 0 Å². The van der Waals surface area contributed by atoms with Crippen molar-refractivity contribution in [3.05, 3.63) is 41.9 Å². The summed E-state index contributed by atoms with van der Waals surface area (Å²) >= 11 is 1.73. The third kappa shape index (κ3) is 1.74. The molecule has 0 saturated carbocycles. The highest BCUT2D eigenvalue weighted by Crippen LogP contribution is 2.17.